The second-order valence-electron chi connectivity index (χ2n) is 3.61. The van der Waals surface area contributed by atoms with Crippen molar-refractivity contribution in [2.45, 2.75) is 39.2 Å². The Kier molecular flexibility index (Phi) is 1.94. The maximum atomic E-state index is 11.6. The predicted molar refractivity (Wildman–Crippen MR) is 50.9 cm³/mol. The third kappa shape index (κ3) is 1.28. The van der Waals surface area contributed by atoms with E-state index in [2.05, 4.69) is 11.9 Å². The van der Waals surface area contributed by atoms with E-state index in [0.29, 0.717) is 6.04 Å². The first kappa shape index (κ1) is 8.48. The van der Waals surface area contributed by atoms with Gasteiger partial charge >= 0.3 is 0 Å². The zero-order valence-corrected chi connectivity index (χ0v) is 8.08. The van der Waals surface area contributed by atoms with Crippen LogP contribution in [0.3, 0.4) is 0 Å². The van der Waals surface area contributed by atoms with Crippen molar-refractivity contribution in [1.29, 1.82) is 0 Å². The molecule has 70 valence electrons. The van der Waals surface area contributed by atoms with Crippen LogP contribution >= 0.6 is 0 Å². The molecule has 0 N–H and O–H groups in total. The number of hydrogen-bond donors (Lipinski definition) is 0. The van der Waals surface area contributed by atoms with Gasteiger partial charge in [0.05, 0.1) is 0 Å². The van der Waals surface area contributed by atoms with Crippen LogP contribution in [-0.2, 0) is 12.8 Å². The van der Waals surface area contributed by atoms with E-state index in [1.165, 1.54) is 0 Å². The number of nitrogens with zero attached hydrogens (tertiary/aromatic N) is 2. The zero-order valence-electron chi connectivity index (χ0n) is 8.08. The van der Waals surface area contributed by atoms with Crippen LogP contribution in [0.15, 0.2) is 10.9 Å². The Morgan fingerprint density at radius 3 is 3.15 bits per heavy atom. The SMILES string of the molecule is CCc1cc(=O)n2c(n1)CC[C@@H]2C. The molecule has 1 aliphatic heterocycles. The molecular formula is C10H14N2O. The average Bonchev–Trinajstić information content (AvgIpc) is 2.48. The lowest BCUT2D eigenvalue weighted by molar-refractivity contribution is 0.558. The first-order valence-electron chi connectivity index (χ1n) is 4.83. The Balaban J connectivity index is 2.59. The van der Waals surface area contributed by atoms with E-state index >= 15 is 0 Å². The number of hydrogen-bond acceptors (Lipinski definition) is 2. The molecule has 0 amide bonds. The molecule has 1 aromatic rings. The van der Waals surface area contributed by atoms with Gasteiger partial charge in [-0.15, -0.1) is 0 Å². The molecule has 3 heteroatoms. The van der Waals surface area contributed by atoms with Gasteiger partial charge in [-0.1, -0.05) is 6.92 Å². The van der Waals surface area contributed by atoms with E-state index in [1.807, 2.05) is 11.5 Å². The zero-order chi connectivity index (χ0) is 9.42. The molecule has 0 saturated heterocycles. The molecule has 1 aromatic heterocycles. The normalized spacial score (nSPS) is 20.3. The molecule has 0 aromatic carbocycles. The Morgan fingerprint density at radius 1 is 1.69 bits per heavy atom. The van der Waals surface area contributed by atoms with Gasteiger partial charge < -0.3 is 0 Å². The molecule has 1 aliphatic rings. The lowest BCUT2D eigenvalue weighted by Gasteiger charge is -2.08. The monoisotopic (exact) mass is 178 g/mol. The summed E-state index contributed by atoms with van der Waals surface area (Å²) in [5.74, 6) is 0.969. The Bertz CT molecular complexity index is 381. The fourth-order valence-electron chi connectivity index (χ4n) is 1.89. The molecule has 2 rings (SSSR count). The fraction of sp³-hybridized carbons (Fsp3) is 0.600. The van der Waals surface area contributed by atoms with Crippen molar-refractivity contribution in [2.24, 2.45) is 0 Å². The lowest BCUT2D eigenvalue weighted by atomic mass is 10.2. The van der Waals surface area contributed by atoms with Crippen molar-refractivity contribution in [3.05, 3.63) is 27.9 Å². The quantitative estimate of drug-likeness (QED) is 0.650. The minimum Gasteiger partial charge on any atom is -0.294 e. The minimum absolute atomic E-state index is 0.117. The minimum atomic E-state index is 0.117. The number of fused-ring (bicyclic) bond motifs is 1. The molecule has 1 atom stereocenters. The van der Waals surface area contributed by atoms with Crippen molar-refractivity contribution < 1.29 is 0 Å². The lowest BCUT2D eigenvalue weighted by Crippen LogP contribution is -2.23. The Hall–Kier alpha value is -1.12. The summed E-state index contributed by atoms with van der Waals surface area (Å²) < 4.78 is 1.82. The van der Waals surface area contributed by atoms with Gasteiger partial charge in [0.15, 0.2) is 0 Å². The molecule has 0 radical (unpaired) electrons. The molecule has 0 bridgehead atoms. The smallest absolute Gasteiger partial charge is 0.253 e. The summed E-state index contributed by atoms with van der Waals surface area (Å²) in [6.07, 6.45) is 2.84. The van der Waals surface area contributed by atoms with Crippen molar-refractivity contribution in [3.63, 3.8) is 0 Å². The van der Waals surface area contributed by atoms with Crippen molar-refractivity contribution in [3.8, 4) is 0 Å². The van der Waals surface area contributed by atoms with Crippen LogP contribution in [0.2, 0.25) is 0 Å². The molecular weight excluding hydrogens is 164 g/mol. The van der Waals surface area contributed by atoms with Crippen LogP contribution < -0.4 is 5.56 Å². The molecule has 13 heavy (non-hydrogen) atoms. The first-order valence-corrected chi connectivity index (χ1v) is 4.83. The van der Waals surface area contributed by atoms with E-state index < -0.39 is 0 Å². The van der Waals surface area contributed by atoms with Gasteiger partial charge in [0.1, 0.15) is 5.82 Å². The highest BCUT2D eigenvalue weighted by Crippen LogP contribution is 2.20. The third-order valence-corrected chi connectivity index (χ3v) is 2.67. The second-order valence-corrected chi connectivity index (χ2v) is 3.61. The fourth-order valence-corrected chi connectivity index (χ4v) is 1.89. The highest BCUT2D eigenvalue weighted by atomic mass is 16.1. The van der Waals surface area contributed by atoms with Crippen LogP contribution in [0, 0.1) is 0 Å². The largest absolute Gasteiger partial charge is 0.294 e. The van der Waals surface area contributed by atoms with Gasteiger partial charge in [-0.05, 0) is 19.8 Å². The van der Waals surface area contributed by atoms with Gasteiger partial charge in [-0.2, -0.15) is 0 Å². The average molecular weight is 178 g/mol. The van der Waals surface area contributed by atoms with Crippen LogP contribution in [0.1, 0.15) is 37.8 Å². The summed E-state index contributed by atoms with van der Waals surface area (Å²) in [4.78, 5) is 16.1. The summed E-state index contributed by atoms with van der Waals surface area (Å²) >= 11 is 0. The number of aryl methyl sites for hydroxylation is 2. The molecule has 0 spiro atoms. The van der Waals surface area contributed by atoms with E-state index in [0.717, 1.165) is 30.8 Å². The Labute approximate surface area is 77.4 Å². The molecule has 0 saturated carbocycles. The summed E-state index contributed by atoms with van der Waals surface area (Å²) in [5.41, 5.74) is 1.04. The molecule has 3 nitrogen and oxygen atoms in total. The van der Waals surface area contributed by atoms with Crippen molar-refractivity contribution in [1.82, 2.24) is 9.55 Å². The summed E-state index contributed by atoms with van der Waals surface area (Å²) in [6.45, 7) is 4.10. The van der Waals surface area contributed by atoms with Gasteiger partial charge in [0.25, 0.3) is 5.56 Å². The van der Waals surface area contributed by atoms with E-state index in [1.54, 1.807) is 6.07 Å². The first-order chi connectivity index (χ1) is 6.22. The van der Waals surface area contributed by atoms with Crippen LogP contribution in [0.4, 0.5) is 0 Å². The van der Waals surface area contributed by atoms with Crippen LogP contribution in [-0.4, -0.2) is 9.55 Å². The van der Waals surface area contributed by atoms with Gasteiger partial charge in [0, 0.05) is 24.2 Å². The maximum absolute atomic E-state index is 11.6. The summed E-state index contributed by atoms with van der Waals surface area (Å²) in [6, 6.07) is 1.99. The summed E-state index contributed by atoms with van der Waals surface area (Å²) in [5, 5.41) is 0. The highest BCUT2D eigenvalue weighted by molar-refractivity contribution is 5.08. The number of aromatic nitrogens is 2. The van der Waals surface area contributed by atoms with E-state index in [4.69, 9.17) is 0 Å². The van der Waals surface area contributed by atoms with Crippen molar-refractivity contribution in [2.75, 3.05) is 0 Å². The van der Waals surface area contributed by atoms with E-state index in [-0.39, 0.29) is 5.56 Å². The van der Waals surface area contributed by atoms with Gasteiger partial charge in [0.2, 0.25) is 0 Å². The maximum Gasteiger partial charge on any atom is 0.253 e. The Morgan fingerprint density at radius 2 is 2.46 bits per heavy atom. The molecule has 0 fully saturated rings. The molecule has 0 aliphatic carbocycles. The third-order valence-electron chi connectivity index (χ3n) is 2.67. The second kappa shape index (κ2) is 2.98. The predicted octanol–water partition coefficient (Wildman–Crippen LogP) is 1.31. The van der Waals surface area contributed by atoms with Gasteiger partial charge in [-0.25, -0.2) is 4.98 Å². The van der Waals surface area contributed by atoms with Crippen LogP contribution in [0.25, 0.3) is 0 Å². The number of rotatable bonds is 1. The van der Waals surface area contributed by atoms with Gasteiger partial charge in [-0.3, -0.25) is 9.36 Å². The topological polar surface area (TPSA) is 34.9 Å². The summed E-state index contributed by atoms with van der Waals surface area (Å²) in [7, 11) is 0. The van der Waals surface area contributed by atoms with Crippen molar-refractivity contribution >= 4 is 0 Å². The molecule has 2 heterocycles. The molecule has 0 unspecified atom stereocenters. The standard InChI is InChI=1S/C10H14N2O/c1-3-8-6-10(13)12-7(2)4-5-9(12)11-8/h6-7H,3-5H2,1-2H3/t7-/m0/s1. The highest BCUT2D eigenvalue weighted by Gasteiger charge is 2.20. The van der Waals surface area contributed by atoms with E-state index in [9.17, 15) is 4.79 Å². The van der Waals surface area contributed by atoms with Crippen LogP contribution in [0.5, 0.6) is 0 Å².